The van der Waals surface area contributed by atoms with Gasteiger partial charge in [-0.25, -0.2) is 8.42 Å². The molecular weight excluding hydrogens is 376 g/mol. The molecule has 0 spiro atoms. The van der Waals surface area contributed by atoms with E-state index in [1.54, 1.807) is 19.1 Å². The Balaban J connectivity index is 1.69. The van der Waals surface area contributed by atoms with Gasteiger partial charge in [-0.3, -0.25) is 4.79 Å². The lowest BCUT2D eigenvalue weighted by atomic mass is 9.89. The van der Waals surface area contributed by atoms with Crippen LogP contribution in [0.3, 0.4) is 0 Å². The van der Waals surface area contributed by atoms with Crippen LogP contribution in [-0.2, 0) is 21.4 Å². The standard InChI is InChI=1S/C16H22N4O4S2/c1-2-20(11-13-9-6-10-24-13)26(22,23)16-19-18-15(25-16)17-14(21)12-7-4-3-5-8-12/h6,9-10,12H,2-5,7-8,11H2,1H3,(H,17,18,21). The minimum atomic E-state index is -3.80. The molecule has 0 aromatic carbocycles. The summed E-state index contributed by atoms with van der Waals surface area (Å²) >= 11 is 0.874. The normalized spacial score (nSPS) is 16.1. The molecule has 2 aromatic heterocycles. The Bertz CT molecular complexity index is 826. The van der Waals surface area contributed by atoms with Crippen molar-refractivity contribution < 1.29 is 17.6 Å². The summed E-state index contributed by atoms with van der Waals surface area (Å²) in [5.41, 5.74) is 0. The van der Waals surface area contributed by atoms with Gasteiger partial charge in [0, 0.05) is 12.5 Å². The molecule has 2 heterocycles. The fraction of sp³-hybridized carbons (Fsp3) is 0.562. The number of nitrogens with zero attached hydrogens (tertiary/aromatic N) is 3. The number of furan rings is 1. The number of carbonyl (C=O) groups excluding carboxylic acids is 1. The predicted octanol–water partition coefficient (Wildman–Crippen LogP) is 2.86. The number of hydrogen-bond acceptors (Lipinski definition) is 7. The monoisotopic (exact) mass is 398 g/mol. The van der Waals surface area contributed by atoms with Crippen molar-refractivity contribution in [2.45, 2.75) is 49.9 Å². The molecule has 1 amide bonds. The highest BCUT2D eigenvalue weighted by Crippen LogP contribution is 2.28. The summed E-state index contributed by atoms with van der Waals surface area (Å²) in [6.07, 6.45) is 6.48. The lowest BCUT2D eigenvalue weighted by Crippen LogP contribution is -2.30. The summed E-state index contributed by atoms with van der Waals surface area (Å²) in [7, 11) is -3.80. The van der Waals surface area contributed by atoms with Crippen molar-refractivity contribution in [3.05, 3.63) is 24.2 Å². The molecule has 2 aromatic rings. The first-order valence-electron chi connectivity index (χ1n) is 8.67. The Labute approximate surface area is 156 Å². The molecule has 0 saturated heterocycles. The SMILES string of the molecule is CCN(Cc1ccco1)S(=O)(=O)c1nnc(NC(=O)C2CCCCC2)s1. The smallest absolute Gasteiger partial charge is 0.272 e. The average molecular weight is 399 g/mol. The van der Waals surface area contributed by atoms with Gasteiger partial charge >= 0.3 is 0 Å². The van der Waals surface area contributed by atoms with Crippen LogP contribution < -0.4 is 5.32 Å². The number of carbonyl (C=O) groups is 1. The summed E-state index contributed by atoms with van der Waals surface area (Å²) in [6, 6.07) is 3.42. The molecule has 1 fully saturated rings. The van der Waals surface area contributed by atoms with Crippen LogP contribution in [0, 0.1) is 5.92 Å². The third-order valence-electron chi connectivity index (χ3n) is 4.44. The van der Waals surface area contributed by atoms with Crippen molar-refractivity contribution >= 4 is 32.4 Å². The number of hydrogen-bond donors (Lipinski definition) is 1. The van der Waals surface area contributed by atoms with E-state index in [1.807, 2.05) is 0 Å². The molecule has 142 valence electrons. The molecule has 26 heavy (non-hydrogen) atoms. The van der Waals surface area contributed by atoms with E-state index in [0.717, 1.165) is 43.4 Å². The van der Waals surface area contributed by atoms with Crippen molar-refractivity contribution in [2.24, 2.45) is 5.92 Å². The second-order valence-electron chi connectivity index (χ2n) is 6.21. The van der Waals surface area contributed by atoms with Crippen LogP contribution in [0.4, 0.5) is 5.13 Å². The summed E-state index contributed by atoms with van der Waals surface area (Å²) < 4.78 is 31.9. The highest BCUT2D eigenvalue weighted by atomic mass is 32.2. The van der Waals surface area contributed by atoms with E-state index in [4.69, 9.17) is 4.42 Å². The van der Waals surface area contributed by atoms with Gasteiger partial charge in [0.25, 0.3) is 10.0 Å². The van der Waals surface area contributed by atoms with Crippen LogP contribution in [-0.4, -0.2) is 35.4 Å². The van der Waals surface area contributed by atoms with Gasteiger partial charge in [-0.2, -0.15) is 4.31 Å². The van der Waals surface area contributed by atoms with Crippen LogP contribution in [0.2, 0.25) is 0 Å². The molecule has 0 atom stereocenters. The second-order valence-corrected chi connectivity index (χ2v) is 9.30. The van der Waals surface area contributed by atoms with E-state index in [9.17, 15) is 13.2 Å². The van der Waals surface area contributed by atoms with Gasteiger partial charge < -0.3 is 9.73 Å². The van der Waals surface area contributed by atoms with E-state index in [0.29, 0.717) is 5.76 Å². The molecule has 1 saturated carbocycles. The number of sulfonamides is 1. The Morgan fingerprint density at radius 1 is 1.35 bits per heavy atom. The van der Waals surface area contributed by atoms with Crippen molar-refractivity contribution in [1.82, 2.24) is 14.5 Å². The average Bonchev–Trinajstić information content (AvgIpc) is 3.32. The van der Waals surface area contributed by atoms with E-state index >= 15 is 0 Å². The maximum atomic E-state index is 12.8. The molecule has 3 rings (SSSR count). The minimum Gasteiger partial charge on any atom is -0.468 e. The molecule has 8 nitrogen and oxygen atoms in total. The molecule has 0 aliphatic heterocycles. The summed E-state index contributed by atoms with van der Waals surface area (Å²) in [6.45, 7) is 2.13. The van der Waals surface area contributed by atoms with Crippen molar-refractivity contribution in [3.8, 4) is 0 Å². The summed E-state index contributed by atoms with van der Waals surface area (Å²) in [5.74, 6) is 0.414. The van der Waals surface area contributed by atoms with Crippen molar-refractivity contribution in [2.75, 3.05) is 11.9 Å². The Morgan fingerprint density at radius 2 is 2.12 bits per heavy atom. The van der Waals surface area contributed by atoms with E-state index in [1.165, 1.54) is 10.6 Å². The molecule has 10 heteroatoms. The zero-order chi connectivity index (χ0) is 18.6. The third kappa shape index (κ3) is 4.30. The van der Waals surface area contributed by atoms with Crippen LogP contribution in [0.25, 0.3) is 0 Å². The second kappa shape index (κ2) is 8.28. The molecule has 1 aliphatic carbocycles. The number of amides is 1. The van der Waals surface area contributed by atoms with Crippen molar-refractivity contribution in [1.29, 1.82) is 0 Å². The van der Waals surface area contributed by atoms with Gasteiger partial charge in [0.15, 0.2) is 0 Å². The molecule has 0 unspecified atom stereocenters. The number of aromatic nitrogens is 2. The molecule has 0 bridgehead atoms. The number of anilines is 1. The lowest BCUT2D eigenvalue weighted by Gasteiger charge is -2.19. The fourth-order valence-corrected chi connectivity index (χ4v) is 5.45. The quantitative estimate of drug-likeness (QED) is 0.719. The van der Waals surface area contributed by atoms with E-state index in [2.05, 4.69) is 15.5 Å². The fourth-order valence-electron chi connectivity index (χ4n) is 2.99. The van der Waals surface area contributed by atoms with Crippen LogP contribution in [0.5, 0.6) is 0 Å². The van der Waals surface area contributed by atoms with E-state index < -0.39 is 10.0 Å². The summed E-state index contributed by atoms with van der Waals surface area (Å²) in [5, 5.41) is 10.5. The molecule has 0 radical (unpaired) electrons. The van der Waals surface area contributed by atoms with Crippen LogP contribution in [0.15, 0.2) is 27.2 Å². The minimum absolute atomic E-state index is 0.0289. The topological polar surface area (TPSA) is 105 Å². The van der Waals surface area contributed by atoms with Crippen molar-refractivity contribution in [3.63, 3.8) is 0 Å². The zero-order valence-corrected chi connectivity index (χ0v) is 16.2. The maximum Gasteiger partial charge on any atom is 0.272 e. The Morgan fingerprint density at radius 3 is 2.77 bits per heavy atom. The zero-order valence-electron chi connectivity index (χ0n) is 14.6. The predicted molar refractivity (Wildman–Crippen MR) is 97.1 cm³/mol. The van der Waals surface area contributed by atoms with Crippen LogP contribution >= 0.6 is 11.3 Å². The van der Waals surface area contributed by atoms with Gasteiger partial charge in [0.05, 0.1) is 12.8 Å². The molecule has 1 N–H and O–H groups in total. The largest absolute Gasteiger partial charge is 0.468 e. The lowest BCUT2D eigenvalue weighted by molar-refractivity contribution is -0.120. The third-order valence-corrected chi connectivity index (χ3v) is 7.54. The van der Waals surface area contributed by atoms with Gasteiger partial charge in [-0.1, -0.05) is 37.5 Å². The van der Waals surface area contributed by atoms with Crippen LogP contribution in [0.1, 0.15) is 44.8 Å². The first kappa shape index (κ1) is 19.0. The summed E-state index contributed by atoms with van der Waals surface area (Å²) in [4.78, 5) is 12.3. The number of rotatable bonds is 7. The molecule has 1 aliphatic rings. The number of nitrogens with one attached hydrogen (secondary N) is 1. The first-order valence-corrected chi connectivity index (χ1v) is 10.9. The van der Waals surface area contributed by atoms with Gasteiger partial charge in [0.1, 0.15) is 5.76 Å². The van der Waals surface area contributed by atoms with E-state index in [-0.39, 0.29) is 34.4 Å². The van der Waals surface area contributed by atoms with Gasteiger partial charge in [-0.05, 0) is 25.0 Å². The highest BCUT2D eigenvalue weighted by molar-refractivity contribution is 7.91. The first-order chi connectivity index (χ1) is 12.5. The Kier molecular flexibility index (Phi) is 6.05. The van der Waals surface area contributed by atoms with Gasteiger partial charge in [-0.15, -0.1) is 10.2 Å². The van der Waals surface area contributed by atoms with Gasteiger partial charge in [0.2, 0.25) is 15.4 Å². The molecular formula is C16H22N4O4S2. The highest BCUT2D eigenvalue weighted by Gasteiger charge is 2.29. The maximum absolute atomic E-state index is 12.8. The Hall–Kier alpha value is -1.78.